The lowest BCUT2D eigenvalue weighted by Gasteiger charge is -2.19. The third-order valence-electron chi connectivity index (χ3n) is 4.16. The van der Waals surface area contributed by atoms with Gasteiger partial charge in [-0.3, -0.25) is 0 Å². The summed E-state index contributed by atoms with van der Waals surface area (Å²) in [4.78, 5) is 16.6. The van der Waals surface area contributed by atoms with Crippen molar-refractivity contribution in [2.45, 2.75) is 59.2 Å². The number of methoxy groups -OCH3 is 2. The predicted molar refractivity (Wildman–Crippen MR) is 109 cm³/mol. The van der Waals surface area contributed by atoms with Gasteiger partial charge in [-0.15, -0.1) is 0 Å². The van der Waals surface area contributed by atoms with Crippen molar-refractivity contribution in [3.8, 4) is 11.5 Å². The Balaban J connectivity index is 3.18. The van der Waals surface area contributed by atoms with Gasteiger partial charge in [0.2, 0.25) is 0 Å². The summed E-state index contributed by atoms with van der Waals surface area (Å²) in [7, 11) is 3.09. The summed E-state index contributed by atoms with van der Waals surface area (Å²) in [5, 5.41) is 0. The molecule has 156 valence electrons. The van der Waals surface area contributed by atoms with Gasteiger partial charge in [0.05, 0.1) is 14.2 Å². The maximum atomic E-state index is 12.9. The molecule has 0 bridgehead atoms. The van der Waals surface area contributed by atoms with E-state index in [1.165, 1.54) is 7.11 Å². The quantitative estimate of drug-likeness (QED) is 0.361. The molecule has 28 heavy (non-hydrogen) atoms. The molecule has 6 heteroatoms. The Hall–Kier alpha value is -2.34. The number of hydrogen-bond acceptors (Lipinski definition) is 5. The Kier molecular flexibility index (Phi) is 10.3. The molecule has 0 saturated heterocycles. The van der Waals surface area contributed by atoms with Crippen molar-refractivity contribution in [2.75, 3.05) is 14.2 Å². The van der Waals surface area contributed by atoms with Crippen LogP contribution in [0.1, 0.15) is 61.5 Å². The second kappa shape index (κ2) is 12.2. The zero-order chi connectivity index (χ0) is 21.1. The molecule has 0 aliphatic rings. The molecule has 0 spiro atoms. The van der Waals surface area contributed by atoms with Gasteiger partial charge in [-0.1, -0.05) is 37.6 Å². The van der Waals surface area contributed by atoms with E-state index in [0.29, 0.717) is 29.0 Å². The first-order chi connectivity index (χ1) is 13.4. The van der Waals surface area contributed by atoms with E-state index in [2.05, 4.69) is 11.9 Å². The van der Waals surface area contributed by atoms with Crippen molar-refractivity contribution < 1.29 is 28.5 Å². The molecule has 1 rings (SSSR count). The maximum Gasteiger partial charge on any atom is 0.342 e. The van der Waals surface area contributed by atoms with Crippen molar-refractivity contribution in [2.24, 2.45) is 0 Å². The third-order valence-corrected chi connectivity index (χ3v) is 4.16. The Labute approximate surface area is 167 Å². The van der Waals surface area contributed by atoms with Crippen LogP contribution in [-0.2, 0) is 9.68 Å². The molecule has 0 aliphatic carbocycles. The SMILES string of the molecule is CCC/C=C/c1c(OC)c(C)cc(OC)c1C(=O)OC(C)C/C=C\C(C)OF. The fourth-order valence-corrected chi connectivity index (χ4v) is 2.74. The van der Waals surface area contributed by atoms with Gasteiger partial charge >= 0.3 is 5.97 Å². The average Bonchev–Trinajstić information content (AvgIpc) is 2.67. The van der Waals surface area contributed by atoms with Gasteiger partial charge in [0.1, 0.15) is 29.3 Å². The zero-order valence-electron chi connectivity index (χ0n) is 17.6. The summed E-state index contributed by atoms with van der Waals surface area (Å²) in [5.74, 6) is 0.546. The summed E-state index contributed by atoms with van der Waals surface area (Å²) in [5.41, 5.74) is 1.83. The number of ether oxygens (including phenoxy) is 3. The molecule has 0 heterocycles. The van der Waals surface area contributed by atoms with E-state index in [0.717, 1.165) is 18.4 Å². The topological polar surface area (TPSA) is 54.0 Å². The molecular weight excluding hydrogens is 363 g/mol. The monoisotopic (exact) mass is 394 g/mol. The van der Waals surface area contributed by atoms with Crippen molar-refractivity contribution >= 4 is 12.0 Å². The minimum atomic E-state index is -0.639. The van der Waals surface area contributed by atoms with E-state index in [1.54, 1.807) is 39.2 Å². The molecule has 0 aliphatic heterocycles. The normalized spacial score (nSPS) is 13.7. The molecule has 0 saturated carbocycles. The Morgan fingerprint density at radius 2 is 1.93 bits per heavy atom. The molecule has 0 N–H and O–H groups in total. The van der Waals surface area contributed by atoms with Gasteiger partial charge in [-0.05, 0) is 43.3 Å². The summed E-state index contributed by atoms with van der Waals surface area (Å²) >= 11 is 0. The van der Waals surface area contributed by atoms with E-state index in [9.17, 15) is 9.32 Å². The minimum absolute atomic E-state index is 0.327. The van der Waals surface area contributed by atoms with Gasteiger partial charge in [0.25, 0.3) is 0 Å². The number of aryl methyl sites for hydroxylation is 1. The minimum Gasteiger partial charge on any atom is -0.496 e. The number of unbranched alkanes of at least 4 members (excludes halogenated alkanes) is 1. The number of carbonyl (C=O) groups is 1. The number of rotatable bonds is 11. The first kappa shape index (κ1) is 23.7. The Morgan fingerprint density at radius 1 is 1.21 bits per heavy atom. The van der Waals surface area contributed by atoms with Crippen molar-refractivity contribution in [3.63, 3.8) is 0 Å². The van der Waals surface area contributed by atoms with Crippen LogP contribution in [-0.4, -0.2) is 32.4 Å². The number of halogens is 1. The molecule has 1 aromatic carbocycles. The van der Waals surface area contributed by atoms with E-state index in [-0.39, 0.29) is 0 Å². The van der Waals surface area contributed by atoms with Gasteiger partial charge in [-0.25, -0.2) is 4.79 Å². The van der Waals surface area contributed by atoms with Crippen LogP contribution in [0.2, 0.25) is 0 Å². The van der Waals surface area contributed by atoms with Gasteiger partial charge < -0.3 is 14.2 Å². The lowest BCUT2D eigenvalue weighted by Crippen LogP contribution is -2.17. The maximum absolute atomic E-state index is 12.9. The first-order valence-electron chi connectivity index (χ1n) is 9.46. The van der Waals surface area contributed by atoms with Crippen molar-refractivity contribution in [1.82, 2.24) is 0 Å². The Bertz CT molecular complexity index is 697. The Morgan fingerprint density at radius 3 is 2.50 bits per heavy atom. The summed E-state index contributed by atoms with van der Waals surface area (Å²) in [6.45, 7) is 7.33. The highest BCUT2D eigenvalue weighted by Crippen LogP contribution is 2.36. The van der Waals surface area contributed by atoms with E-state index in [1.807, 2.05) is 19.1 Å². The van der Waals surface area contributed by atoms with E-state index < -0.39 is 18.2 Å². The lowest BCUT2D eigenvalue weighted by molar-refractivity contribution is -0.155. The summed E-state index contributed by atoms with van der Waals surface area (Å²) < 4.78 is 28.6. The standard InChI is InChI=1S/C22H31FO5/c1-7-8-9-13-18-20(19(25-5)14-15(2)21(18)26-6)22(24)27-16(3)11-10-12-17(4)28-23/h9-10,12-14,16-17H,7-8,11H2,1-6H3/b12-10-,13-9+. The molecular formula is C22H31FO5. The van der Waals surface area contributed by atoms with Gasteiger partial charge in [0.15, 0.2) is 0 Å². The van der Waals surface area contributed by atoms with Gasteiger partial charge in [-0.2, -0.15) is 4.94 Å². The van der Waals surface area contributed by atoms with Crippen LogP contribution in [0.25, 0.3) is 6.08 Å². The second-order valence-electron chi connectivity index (χ2n) is 6.58. The smallest absolute Gasteiger partial charge is 0.342 e. The van der Waals surface area contributed by atoms with Crippen LogP contribution in [0.3, 0.4) is 0 Å². The second-order valence-corrected chi connectivity index (χ2v) is 6.58. The van der Waals surface area contributed by atoms with E-state index >= 15 is 0 Å². The number of allylic oxidation sites excluding steroid dienone is 1. The van der Waals surface area contributed by atoms with E-state index in [4.69, 9.17) is 14.2 Å². The van der Waals surface area contributed by atoms with Crippen LogP contribution in [0.15, 0.2) is 24.3 Å². The van der Waals surface area contributed by atoms with Gasteiger partial charge in [0, 0.05) is 12.0 Å². The summed E-state index contributed by atoms with van der Waals surface area (Å²) in [6, 6.07) is 1.76. The average molecular weight is 394 g/mol. The molecule has 0 aromatic heterocycles. The molecule has 0 radical (unpaired) electrons. The molecule has 0 fully saturated rings. The largest absolute Gasteiger partial charge is 0.496 e. The zero-order valence-corrected chi connectivity index (χ0v) is 17.6. The number of esters is 1. The third kappa shape index (κ3) is 6.68. The van der Waals surface area contributed by atoms with Crippen LogP contribution in [0.4, 0.5) is 4.53 Å². The lowest BCUT2D eigenvalue weighted by atomic mass is 10.00. The summed E-state index contributed by atoms with van der Waals surface area (Å²) in [6.07, 6.45) is 8.43. The number of hydrogen-bond donors (Lipinski definition) is 0. The van der Waals surface area contributed by atoms with Crippen LogP contribution in [0, 0.1) is 6.92 Å². The molecule has 1 aromatic rings. The van der Waals surface area contributed by atoms with Crippen LogP contribution < -0.4 is 9.47 Å². The molecule has 0 amide bonds. The molecule has 5 nitrogen and oxygen atoms in total. The number of benzene rings is 1. The highest BCUT2D eigenvalue weighted by atomic mass is 19.3. The molecule has 2 unspecified atom stereocenters. The first-order valence-corrected chi connectivity index (χ1v) is 9.46. The molecule has 2 atom stereocenters. The number of carbonyl (C=O) groups excluding carboxylic acids is 1. The fraction of sp³-hybridized carbons (Fsp3) is 0.500. The fourth-order valence-electron chi connectivity index (χ4n) is 2.74. The van der Waals surface area contributed by atoms with Crippen LogP contribution in [0.5, 0.6) is 11.5 Å². The van der Waals surface area contributed by atoms with Crippen LogP contribution >= 0.6 is 0 Å². The predicted octanol–water partition coefficient (Wildman–Crippen LogP) is 5.61. The van der Waals surface area contributed by atoms with Crippen molar-refractivity contribution in [3.05, 3.63) is 41.0 Å². The highest BCUT2D eigenvalue weighted by molar-refractivity contribution is 5.98. The highest BCUT2D eigenvalue weighted by Gasteiger charge is 2.24. The van der Waals surface area contributed by atoms with Crippen molar-refractivity contribution in [1.29, 1.82) is 0 Å².